The van der Waals surface area contributed by atoms with E-state index < -0.39 is 5.91 Å². The number of halogens is 1. The number of benzene rings is 1. The lowest BCUT2D eigenvalue weighted by Gasteiger charge is -2.11. The predicted octanol–water partition coefficient (Wildman–Crippen LogP) is 2.72. The molecule has 0 radical (unpaired) electrons. The quantitative estimate of drug-likeness (QED) is 0.436. The van der Waals surface area contributed by atoms with Gasteiger partial charge in [-0.25, -0.2) is 10.4 Å². The average molecular weight is 477 g/mol. The Morgan fingerprint density at radius 3 is 2.63 bits per heavy atom. The summed E-state index contributed by atoms with van der Waals surface area (Å²) in [5.74, 6) is 0.688. The maximum Gasteiger partial charge on any atom is 0.278 e. The average Bonchev–Trinajstić information content (AvgIpc) is 2.72. The van der Waals surface area contributed by atoms with Gasteiger partial charge in [0.1, 0.15) is 23.1 Å². The number of nitrogens with one attached hydrogen (secondary N) is 1. The first kappa shape index (κ1) is 23.1. The highest BCUT2D eigenvalue weighted by Crippen LogP contribution is 2.31. The summed E-state index contributed by atoms with van der Waals surface area (Å²) in [5, 5.41) is 13.3. The smallest absolute Gasteiger partial charge is 0.278 e. The fraction of sp³-hybridized carbons (Fsp3) is 0.300. The van der Waals surface area contributed by atoms with Crippen LogP contribution in [0.25, 0.3) is 0 Å². The first-order valence-electron chi connectivity index (χ1n) is 8.69. The number of amides is 1. The molecule has 1 heterocycles. The van der Waals surface area contributed by atoms with Crippen molar-refractivity contribution in [2.45, 2.75) is 13.5 Å². The van der Waals surface area contributed by atoms with Crippen LogP contribution in [-0.4, -0.2) is 45.0 Å². The molecule has 2 aromatic rings. The van der Waals surface area contributed by atoms with E-state index in [-0.39, 0.29) is 24.7 Å². The molecule has 0 aliphatic carbocycles. The van der Waals surface area contributed by atoms with Crippen LogP contribution in [0.5, 0.6) is 17.4 Å². The molecule has 158 valence electrons. The maximum atomic E-state index is 12.1. The van der Waals surface area contributed by atoms with E-state index in [0.717, 1.165) is 0 Å². The number of aromatic nitrogens is 1. The zero-order valence-electron chi connectivity index (χ0n) is 17.0. The first-order chi connectivity index (χ1) is 14.4. The highest BCUT2D eigenvalue weighted by Gasteiger charge is 2.14. The van der Waals surface area contributed by atoms with Crippen LogP contribution in [0.15, 0.2) is 27.8 Å². The Morgan fingerprint density at radius 2 is 2.00 bits per heavy atom. The van der Waals surface area contributed by atoms with Gasteiger partial charge in [0, 0.05) is 30.0 Å². The third kappa shape index (κ3) is 5.92. The van der Waals surface area contributed by atoms with E-state index in [2.05, 4.69) is 31.4 Å². The van der Waals surface area contributed by atoms with E-state index in [9.17, 15) is 10.1 Å². The SMILES string of the molecule is COCc1cc(C)nc(OCC(=O)NN=Cc2cc(Br)c(OC)cc2OC)c1C#N. The first-order valence-corrected chi connectivity index (χ1v) is 9.48. The lowest BCUT2D eigenvalue weighted by Crippen LogP contribution is -2.25. The molecule has 9 nitrogen and oxygen atoms in total. The minimum Gasteiger partial charge on any atom is -0.496 e. The lowest BCUT2D eigenvalue weighted by molar-refractivity contribution is -0.123. The second-order valence-electron chi connectivity index (χ2n) is 5.96. The third-order valence-electron chi connectivity index (χ3n) is 3.84. The Labute approximate surface area is 182 Å². The molecule has 0 saturated carbocycles. The Morgan fingerprint density at radius 1 is 1.27 bits per heavy atom. The number of aryl methyl sites for hydroxylation is 1. The number of hydrogen-bond acceptors (Lipinski definition) is 8. The topological polar surface area (TPSA) is 115 Å². The van der Waals surface area contributed by atoms with E-state index in [1.165, 1.54) is 20.4 Å². The van der Waals surface area contributed by atoms with E-state index in [1.807, 2.05) is 6.07 Å². The van der Waals surface area contributed by atoms with Crippen molar-refractivity contribution in [1.82, 2.24) is 10.4 Å². The van der Waals surface area contributed by atoms with Crippen molar-refractivity contribution in [2.24, 2.45) is 5.10 Å². The molecule has 0 bridgehead atoms. The van der Waals surface area contributed by atoms with E-state index in [0.29, 0.717) is 32.8 Å². The molecule has 2 rings (SSSR count). The van der Waals surface area contributed by atoms with Crippen LogP contribution in [0.4, 0.5) is 0 Å². The van der Waals surface area contributed by atoms with Crippen molar-refractivity contribution in [2.75, 3.05) is 27.9 Å². The van der Waals surface area contributed by atoms with E-state index in [1.54, 1.807) is 32.2 Å². The van der Waals surface area contributed by atoms with Gasteiger partial charge in [-0.1, -0.05) is 0 Å². The van der Waals surface area contributed by atoms with Crippen molar-refractivity contribution < 1.29 is 23.7 Å². The molecule has 0 aliphatic heterocycles. The van der Waals surface area contributed by atoms with Gasteiger partial charge in [0.15, 0.2) is 6.61 Å². The molecule has 1 amide bonds. The number of carbonyl (C=O) groups is 1. The minimum absolute atomic E-state index is 0.0735. The van der Waals surface area contributed by atoms with Crippen LogP contribution in [0.3, 0.4) is 0 Å². The Kier molecular flexibility index (Phi) is 8.58. The van der Waals surface area contributed by atoms with Crippen molar-refractivity contribution in [1.29, 1.82) is 5.26 Å². The molecule has 0 spiro atoms. The highest BCUT2D eigenvalue weighted by atomic mass is 79.9. The van der Waals surface area contributed by atoms with Crippen LogP contribution < -0.4 is 19.6 Å². The molecule has 0 saturated heterocycles. The van der Waals surface area contributed by atoms with Crippen molar-refractivity contribution in [3.05, 3.63) is 45.1 Å². The molecule has 1 aromatic carbocycles. The van der Waals surface area contributed by atoms with Gasteiger partial charge in [-0.15, -0.1) is 0 Å². The van der Waals surface area contributed by atoms with Gasteiger partial charge < -0.3 is 18.9 Å². The molecule has 30 heavy (non-hydrogen) atoms. The van der Waals surface area contributed by atoms with Gasteiger partial charge in [-0.05, 0) is 35.0 Å². The number of rotatable bonds is 9. The number of nitrogens with zero attached hydrogens (tertiary/aromatic N) is 3. The van der Waals surface area contributed by atoms with Crippen molar-refractivity contribution in [3.63, 3.8) is 0 Å². The van der Waals surface area contributed by atoms with Crippen LogP contribution in [-0.2, 0) is 16.1 Å². The molecular weight excluding hydrogens is 456 g/mol. The molecule has 0 fully saturated rings. The molecular formula is C20H21BrN4O5. The number of hydrazone groups is 1. The summed E-state index contributed by atoms with van der Waals surface area (Å²) in [6.45, 7) is 1.63. The summed E-state index contributed by atoms with van der Waals surface area (Å²) in [4.78, 5) is 16.3. The number of nitriles is 1. The molecule has 10 heteroatoms. The zero-order valence-corrected chi connectivity index (χ0v) is 18.6. The van der Waals surface area contributed by atoms with Crippen LogP contribution in [0.2, 0.25) is 0 Å². The van der Waals surface area contributed by atoms with Crippen LogP contribution in [0.1, 0.15) is 22.4 Å². The summed E-state index contributed by atoms with van der Waals surface area (Å²) in [6.07, 6.45) is 1.43. The molecule has 0 unspecified atom stereocenters. The van der Waals surface area contributed by atoms with Gasteiger partial charge in [0.2, 0.25) is 5.88 Å². The van der Waals surface area contributed by atoms with Crippen LogP contribution >= 0.6 is 15.9 Å². The predicted molar refractivity (Wildman–Crippen MR) is 113 cm³/mol. The molecule has 1 N–H and O–H groups in total. The normalized spacial score (nSPS) is 10.5. The number of ether oxygens (including phenoxy) is 4. The largest absolute Gasteiger partial charge is 0.496 e. The van der Waals surface area contributed by atoms with Gasteiger partial charge in [-0.3, -0.25) is 4.79 Å². The molecule has 1 aromatic heterocycles. The zero-order chi connectivity index (χ0) is 22.1. The fourth-order valence-electron chi connectivity index (χ4n) is 2.53. The summed E-state index contributed by atoms with van der Waals surface area (Å²) < 4.78 is 21.7. The third-order valence-corrected chi connectivity index (χ3v) is 4.46. The minimum atomic E-state index is -0.515. The summed E-state index contributed by atoms with van der Waals surface area (Å²) in [6, 6.07) is 7.21. The summed E-state index contributed by atoms with van der Waals surface area (Å²) in [7, 11) is 4.59. The Bertz CT molecular complexity index is 988. The maximum absolute atomic E-state index is 12.1. The van der Waals surface area contributed by atoms with Gasteiger partial charge in [0.05, 0.1) is 31.5 Å². The lowest BCUT2D eigenvalue weighted by atomic mass is 10.1. The van der Waals surface area contributed by atoms with E-state index in [4.69, 9.17) is 18.9 Å². The van der Waals surface area contributed by atoms with E-state index >= 15 is 0 Å². The Hall–Kier alpha value is -3.16. The van der Waals surface area contributed by atoms with Gasteiger partial charge in [-0.2, -0.15) is 10.4 Å². The number of hydrogen-bond donors (Lipinski definition) is 1. The number of pyridine rings is 1. The van der Waals surface area contributed by atoms with Crippen LogP contribution in [0, 0.1) is 18.3 Å². The number of carbonyl (C=O) groups excluding carboxylic acids is 1. The molecule has 0 atom stereocenters. The Balaban J connectivity index is 2.04. The van der Waals surface area contributed by atoms with Gasteiger partial charge in [0.25, 0.3) is 5.91 Å². The standard InChI is InChI=1S/C20H21BrN4O5/c1-12-5-14(10-27-2)15(8-22)20(24-12)30-11-19(26)25-23-9-13-6-16(21)18(29-4)7-17(13)28-3/h5-7,9H,10-11H2,1-4H3,(H,25,26). The highest BCUT2D eigenvalue weighted by molar-refractivity contribution is 9.10. The van der Waals surface area contributed by atoms with Crippen molar-refractivity contribution in [3.8, 4) is 23.4 Å². The summed E-state index contributed by atoms with van der Waals surface area (Å²) >= 11 is 3.39. The second kappa shape index (κ2) is 11.1. The second-order valence-corrected chi connectivity index (χ2v) is 6.81. The fourth-order valence-corrected chi connectivity index (χ4v) is 3.05. The number of methoxy groups -OCH3 is 3. The molecule has 0 aliphatic rings. The van der Waals surface area contributed by atoms with Crippen molar-refractivity contribution >= 4 is 28.1 Å². The summed E-state index contributed by atoms with van der Waals surface area (Å²) in [5.41, 5.74) is 4.50. The monoisotopic (exact) mass is 476 g/mol. The van der Waals surface area contributed by atoms with Gasteiger partial charge >= 0.3 is 0 Å².